The van der Waals surface area contributed by atoms with Crippen molar-refractivity contribution in [3.63, 3.8) is 0 Å². The molecule has 2 aromatic rings. The molecule has 4 rings (SSSR count). The Morgan fingerprint density at radius 1 is 1.29 bits per heavy atom. The number of carbonyl (C=O) groups excluding carboxylic acids is 1. The number of fused-ring (bicyclic) bond motifs is 2. The minimum atomic E-state index is -0.0499. The number of carbonyl (C=O) groups is 1. The summed E-state index contributed by atoms with van der Waals surface area (Å²) < 4.78 is 1.56. The van der Waals surface area contributed by atoms with Crippen LogP contribution < -0.4 is 5.56 Å². The molecule has 0 radical (unpaired) electrons. The Morgan fingerprint density at radius 2 is 2.21 bits per heavy atom. The highest BCUT2D eigenvalue weighted by atomic mass is 32.1. The molecule has 128 valence electrons. The summed E-state index contributed by atoms with van der Waals surface area (Å²) in [5.41, 5.74) is -0.0499. The van der Waals surface area contributed by atoms with Gasteiger partial charge in [0.1, 0.15) is 4.83 Å². The van der Waals surface area contributed by atoms with Gasteiger partial charge in [0, 0.05) is 38.6 Å². The maximum absolute atomic E-state index is 12.5. The largest absolute Gasteiger partial charge is 0.340 e. The Bertz CT molecular complexity index is 799. The fourth-order valence-electron chi connectivity index (χ4n) is 3.81. The lowest BCUT2D eigenvalue weighted by atomic mass is 9.99. The molecule has 0 bridgehead atoms. The highest BCUT2D eigenvalue weighted by molar-refractivity contribution is 7.16. The topological polar surface area (TPSA) is 58.4 Å². The number of piperazine rings is 1. The van der Waals surface area contributed by atoms with Gasteiger partial charge in [-0.05, 0) is 30.8 Å². The number of rotatable bonds is 3. The number of amides is 1. The van der Waals surface area contributed by atoms with E-state index in [1.54, 1.807) is 17.0 Å². The van der Waals surface area contributed by atoms with Crippen molar-refractivity contribution < 1.29 is 4.79 Å². The third-order valence-corrected chi connectivity index (χ3v) is 6.03. The number of hydrogen-bond donors (Lipinski definition) is 0. The Balaban J connectivity index is 1.39. The lowest BCUT2D eigenvalue weighted by molar-refractivity contribution is -0.135. The third kappa shape index (κ3) is 2.98. The molecule has 0 aromatic carbocycles. The molecular formula is C17H22N4O2S. The summed E-state index contributed by atoms with van der Waals surface area (Å²) in [6, 6.07) is 2.33. The smallest absolute Gasteiger partial charge is 0.262 e. The summed E-state index contributed by atoms with van der Waals surface area (Å²) in [7, 11) is 0. The van der Waals surface area contributed by atoms with E-state index in [4.69, 9.17) is 0 Å². The summed E-state index contributed by atoms with van der Waals surface area (Å²) >= 11 is 1.46. The summed E-state index contributed by atoms with van der Waals surface area (Å²) in [5.74, 6) is 0.150. The molecule has 2 aliphatic rings. The van der Waals surface area contributed by atoms with Gasteiger partial charge in [0.15, 0.2) is 0 Å². The van der Waals surface area contributed by atoms with Gasteiger partial charge in [-0.3, -0.25) is 19.1 Å². The molecule has 1 unspecified atom stereocenters. The van der Waals surface area contributed by atoms with Gasteiger partial charge in [-0.1, -0.05) is 6.42 Å². The number of aryl methyl sites for hydroxylation is 1. The predicted octanol–water partition coefficient (Wildman–Crippen LogP) is 1.54. The molecule has 0 N–H and O–H groups in total. The van der Waals surface area contributed by atoms with E-state index in [0.29, 0.717) is 24.4 Å². The van der Waals surface area contributed by atoms with Gasteiger partial charge < -0.3 is 4.90 Å². The van der Waals surface area contributed by atoms with Gasteiger partial charge in [0.25, 0.3) is 5.56 Å². The van der Waals surface area contributed by atoms with Crippen LogP contribution in [0.15, 0.2) is 22.6 Å². The van der Waals surface area contributed by atoms with E-state index >= 15 is 0 Å². The van der Waals surface area contributed by atoms with Gasteiger partial charge in [-0.25, -0.2) is 4.98 Å². The van der Waals surface area contributed by atoms with Crippen molar-refractivity contribution in [1.29, 1.82) is 0 Å². The van der Waals surface area contributed by atoms with Crippen LogP contribution in [-0.4, -0.2) is 57.5 Å². The molecule has 2 saturated heterocycles. The van der Waals surface area contributed by atoms with Crippen LogP contribution in [0.1, 0.15) is 25.7 Å². The zero-order valence-electron chi connectivity index (χ0n) is 13.7. The highest BCUT2D eigenvalue weighted by Crippen LogP contribution is 2.21. The van der Waals surface area contributed by atoms with E-state index in [9.17, 15) is 9.59 Å². The number of aromatic nitrogens is 2. The number of piperidine rings is 1. The molecule has 0 aliphatic carbocycles. The minimum Gasteiger partial charge on any atom is -0.340 e. The molecule has 1 atom stereocenters. The maximum atomic E-state index is 12.5. The minimum absolute atomic E-state index is 0.0499. The van der Waals surface area contributed by atoms with Crippen molar-refractivity contribution >= 4 is 27.5 Å². The Kier molecular flexibility index (Phi) is 4.37. The van der Waals surface area contributed by atoms with E-state index < -0.39 is 0 Å². The number of hydrogen-bond acceptors (Lipinski definition) is 5. The molecule has 24 heavy (non-hydrogen) atoms. The van der Waals surface area contributed by atoms with Crippen molar-refractivity contribution in [1.82, 2.24) is 19.4 Å². The Hall–Kier alpha value is -1.73. The van der Waals surface area contributed by atoms with E-state index in [1.165, 1.54) is 37.1 Å². The average Bonchev–Trinajstić information content (AvgIpc) is 3.10. The molecule has 4 heterocycles. The highest BCUT2D eigenvalue weighted by Gasteiger charge is 2.30. The molecule has 2 aromatic heterocycles. The van der Waals surface area contributed by atoms with Gasteiger partial charge in [-0.15, -0.1) is 11.3 Å². The van der Waals surface area contributed by atoms with Gasteiger partial charge in [0.05, 0.1) is 11.7 Å². The SMILES string of the molecule is O=C(CCn1cnc2sccc2c1=O)N1CCN2CCCCC2C1. The zero-order chi connectivity index (χ0) is 16.5. The quantitative estimate of drug-likeness (QED) is 0.846. The molecule has 1 amide bonds. The van der Waals surface area contributed by atoms with Crippen molar-refractivity contribution in [3.05, 3.63) is 28.1 Å². The van der Waals surface area contributed by atoms with Gasteiger partial charge in [-0.2, -0.15) is 0 Å². The monoisotopic (exact) mass is 346 g/mol. The molecule has 7 heteroatoms. The van der Waals surface area contributed by atoms with Crippen LogP contribution in [0.25, 0.3) is 10.2 Å². The van der Waals surface area contributed by atoms with Crippen molar-refractivity contribution in [2.75, 3.05) is 26.2 Å². The van der Waals surface area contributed by atoms with Crippen LogP contribution >= 0.6 is 11.3 Å². The maximum Gasteiger partial charge on any atom is 0.262 e. The van der Waals surface area contributed by atoms with Crippen LogP contribution in [0.2, 0.25) is 0 Å². The van der Waals surface area contributed by atoms with E-state index in [0.717, 1.165) is 24.5 Å². The fraction of sp³-hybridized carbons (Fsp3) is 0.588. The normalized spacial score (nSPS) is 21.8. The molecular weight excluding hydrogens is 324 g/mol. The molecule has 6 nitrogen and oxygen atoms in total. The van der Waals surface area contributed by atoms with Crippen LogP contribution in [0, 0.1) is 0 Å². The second kappa shape index (κ2) is 6.64. The van der Waals surface area contributed by atoms with Crippen LogP contribution in [-0.2, 0) is 11.3 Å². The summed E-state index contributed by atoms with van der Waals surface area (Å²) in [4.78, 5) is 34.5. The first-order chi connectivity index (χ1) is 11.7. The standard InChI is InChI=1S/C17H22N4O2S/c22-15(20-9-8-19-6-2-1-3-13(19)11-20)4-7-21-12-18-16-14(17(21)23)5-10-24-16/h5,10,12-13H,1-4,6-9,11H2. The first-order valence-electron chi connectivity index (χ1n) is 8.67. The fourth-order valence-corrected chi connectivity index (χ4v) is 4.53. The second-order valence-corrected chi connectivity index (χ2v) is 7.55. The van der Waals surface area contributed by atoms with Crippen molar-refractivity contribution in [2.24, 2.45) is 0 Å². The van der Waals surface area contributed by atoms with E-state index in [1.807, 2.05) is 10.3 Å². The first-order valence-corrected chi connectivity index (χ1v) is 9.55. The summed E-state index contributed by atoms with van der Waals surface area (Å²) in [5, 5.41) is 2.52. The van der Waals surface area contributed by atoms with Crippen LogP contribution in [0.3, 0.4) is 0 Å². The number of thiophene rings is 1. The average molecular weight is 346 g/mol. The van der Waals surface area contributed by atoms with Gasteiger partial charge in [0.2, 0.25) is 5.91 Å². The molecule has 0 spiro atoms. The van der Waals surface area contributed by atoms with Crippen molar-refractivity contribution in [3.8, 4) is 0 Å². The van der Waals surface area contributed by atoms with E-state index in [-0.39, 0.29) is 11.5 Å². The van der Waals surface area contributed by atoms with Crippen LogP contribution in [0.4, 0.5) is 0 Å². The van der Waals surface area contributed by atoms with Crippen molar-refractivity contribution in [2.45, 2.75) is 38.3 Å². The lowest BCUT2D eigenvalue weighted by Gasteiger charge is -2.44. The summed E-state index contributed by atoms with van der Waals surface area (Å²) in [6.45, 7) is 4.22. The van der Waals surface area contributed by atoms with Gasteiger partial charge >= 0.3 is 0 Å². The lowest BCUT2D eigenvalue weighted by Crippen LogP contribution is -2.56. The predicted molar refractivity (Wildman–Crippen MR) is 94.3 cm³/mol. The molecule has 2 fully saturated rings. The third-order valence-electron chi connectivity index (χ3n) is 5.21. The first kappa shape index (κ1) is 15.8. The summed E-state index contributed by atoms with van der Waals surface area (Å²) in [6.07, 6.45) is 5.68. The number of nitrogens with zero attached hydrogens (tertiary/aromatic N) is 4. The zero-order valence-corrected chi connectivity index (χ0v) is 14.5. The second-order valence-electron chi connectivity index (χ2n) is 6.66. The molecule has 2 aliphatic heterocycles. The Morgan fingerprint density at radius 3 is 3.12 bits per heavy atom. The van der Waals surface area contributed by atoms with E-state index in [2.05, 4.69) is 9.88 Å². The molecule has 0 saturated carbocycles. The Labute approximate surface area is 144 Å². The van der Waals surface area contributed by atoms with Crippen LogP contribution in [0.5, 0.6) is 0 Å².